The molecule has 0 N–H and O–H groups in total. The van der Waals surface area contributed by atoms with Gasteiger partial charge in [-0.05, 0) is 103 Å². The summed E-state index contributed by atoms with van der Waals surface area (Å²) in [6.45, 7) is 0. The van der Waals surface area contributed by atoms with Crippen LogP contribution in [0.3, 0.4) is 0 Å². The Balaban J connectivity index is 1.17. The Morgan fingerprint density at radius 1 is 0.283 bits per heavy atom. The van der Waals surface area contributed by atoms with Crippen molar-refractivity contribution in [3.8, 4) is 27.9 Å². The number of para-hydroxylation sites is 1. The van der Waals surface area contributed by atoms with E-state index in [9.17, 15) is 0 Å². The second-order valence-electron chi connectivity index (χ2n) is 15.6. The maximum atomic E-state index is 2.47. The molecule has 0 radical (unpaired) electrons. The maximum absolute atomic E-state index is 2.47. The topological polar surface area (TPSA) is 8.17 Å². The molecular formula is C58H38N2. The first-order valence-corrected chi connectivity index (χ1v) is 20.7. The minimum absolute atomic E-state index is 1.10. The molecular weight excluding hydrogens is 725 g/mol. The zero-order chi connectivity index (χ0) is 39.6. The van der Waals surface area contributed by atoms with Crippen molar-refractivity contribution >= 4 is 82.0 Å². The van der Waals surface area contributed by atoms with Crippen molar-refractivity contribution < 1.29 is 0 Å². The van der Waals surface area contributed by atoms with Crippen molar-refractivity contribution in [2.45, 2.75) is 0 Å². The second kappa shape index (κ2) is 13.9. The zero-order valence-electron chi connectivity index (χ0n) is 32.8. The smallest absolute Gasteiger partial charge is 0.0542 e. The number of anilines is 3. The summed E-state index contributed by atoms with van der Waals surface area (Å²) in [4.78, 5) is 2.47. The Morgan fingerprint density at radius 2 is 0.750 bits per heavy atom. The average Bonchev–Trinajstić information content (AvgIpc) is 3.64. The Morgan fingerprint density at radius 3 is 1.45 bits per heavy atom. The van der Waals surface area contributed by atoms with Gasteiger partial charge in [0.2, 0.25) is 0 Å². The van der Waals surface area contributed by atoms with Crippen LogP contribution in [0.15, 0.2) is 231 Å². The SMILES string of the molecule is c1ccc(-c2c3ccccc3c(-c3ccccc3)c3cc(N(c4ccc5c(c4)c4ccccc4n5-c4cccc5ccccc45)c4cccc5ccccc45)ccc23)cc1. The van der Waals surface area contributed by atoms with Gasteiger partial charge < -0.3 is 9.47 Å². The van der Waals surface area contributed by atoms with E-state index >= 15 is 0 Å². The van der Waals surface area contributed by atoms with E-state index in [1.54, 1.807) is 0 Å². The number of hydrogen-bond donors (Lipinski definition) is 0. The lowest BCUT2D eigenvalue weighted by atomic mass is 9.85. The minimum Gasteiger partial charge on any atom is -0.310 e. The standard InChI is InChI=1S/C58H38N2/c1-3-19-41(20-4-1)57-48-28-11-12-29-49(48)58(42-21-5-2-6-22-42)52-38-43(33-35-50(52)57)59(53-31-15-23-39-17-7-9-25-45(39)53)44-34-36-56-51(37-44)47-27-13-14-30-55(47)60(56)54-32-16-24-40-18-8-10-26-46(40)54/h1-38H. The third-order valence-electron chi connectivity index (χ3n) is 12.3. The van der Waals surface area contributed by atoms with E-state index in [-0.39, 0.29) is 0 Å². The van der Waals surface area contributed by atoms with Crippen LogP contribution in [0.4, 0.5) is 17.1 Å². The van der Waals surface area contributed by atoms with Gasteiger partial charge in [-0.1, -0.05) is 182 Å². The third kappa shape index (κ3) is 5.35. The largest absolute Gasteiger partial charge is 0.310 e. The number of rotatable bonds is 6. The zero-order valence-corrected chi connectivity index (χ0v) is 32.8. The fraction of sp³-hybridized carbons (Fsp3) is 0. The summed E-state index contributed by atoms with van der Waals surface area (Å²) < 4.78 is 2.44. The van der Waals surface area contributed by atoms with Gasteiger partial charge in [-0.2, -0.15) is 0 Å². The molecule has 2 heteroatoms. The van der Waals surface area contributed by atoms with E-state index in [2.05, 4.69) is 240 Å². The van der Waals surface area contributed by atoms with Crippen LogP contribution >= 0.6 is 0 Å². The van der Waals surface area contributed by atoms with E-state index < -0.39 is 0 Å². The van der Waals surface area contributed by atoms with Crippen molar-refractivity contribution in [3.05, 3.63) is 231 Å². The number of hydrogen-bond acceptors (Lipinski definition) is 1. The minimum atomic E-state index is 1.10. The van der Waals surface area contributed by atoms with Gasteiger partial charge in [-0.15, -0.1) is 0 Å². The maximum Gasteiger partial charge on any atom is 0.0542 e. The van der Waals surface area contributed by atoms with Crippen LogP contribution in [0.2, 0.25) is 0 Å². The normalized spacial score (nSPS) is 11.7. The summed E-state index contributed by atoms with van der Waals surface area (Å²) in [5.41, 5.74) is 11.8. The Kier molecular flexibility index (Phi) is 7.89. The molecule has 0 saturated heterocycles. The molecule has 12 rings (SSSR count). The first-order chi connectivity index (χ1) is 29.8. The highest BCUT2D eigenvalue weighted by Crippen LogP contribution is 2.48. The molecule has 0 fully saturated rings. The van der Waals surface area contributed by atoms with Gasteiger partial charge in [0.05, 0.1) is 22.4 Å². The number of aromatic nitrogens is 1. The Bertz CT molecular complexity index is 3590. The molecule has 12 aromatic rings. The highest BCUT2D eigenvalue weighted by molar-refractivity contribution is 6.22. The number of benzene rings is 11. The van der Waals surface area contributed by atoms with Crippen molar-refractivity contribution in [1.82, 2.24) is 4.57 Å². The lowest BCUT2D eigenvalue weighted by Crippen LogP contribution is -2.10. The summed E-state index contributed by atoms with van der Waals surface area (Å²) in [7, 11) is 0. The van der Waals surface area contributed by atoms with Crippen LogP contribution in [0.25, 0.3) is 92.8 Å². The molecule has 11 aromatic carbocycles. The van der Waals surface area contributed by atoms with E-state index in [1.807, 2.05) is 0 Å². The molecule has 0 spiro atoms. The van der Waals surface area contributed by atoms with E-state index in [4.69, 9.17) is 0 Å². The van der Waals surface area contributed by atoms with Gasteiger partial charge in [0, 0.05) is 32.9 Å². The average molecular weight is 763 g/mol. The van der Waals surface area contributed by atoms with E-state index in [0.717, 1.165) is 17.1 Å². The fourth-order valence-corrected chi connectivity index (χ4v) is 9.73. The van der Waals surface area contributed by atoms with Crippen molar-refractivity contribution in [2.24, 2.45) is 0 Å². The Labute approximate surface area is 348 Å². The molecule has 0 saturated carbocycles. The van der Waals surface area contributed by atoms with Crippen molar-refractivity contribution in [3.63, 3.8) is 0 Å². The quantitative estimate of drug-likeness (QED) is 0.153. The molecule has 0 bridgehead atoms. The summed E-state index contributed by atoms with van der Waals surface area (Å²) in [5, 5.41) is 12.2. The van der Waals surface area contributed by atoms with Crippen LogP contribution in [-0.4, -0.2) is 4.57 Å². The molecule has 0 aliphatic carbocycles. The molecule has 0 unspecified atom stereocenters. The predicted octanol–water partition coefficient (Wildman–Crippen LogP) is 16.2. The molecule has 0 amide bonds. The van der Waals surface area contributed by atoms with Gasteiger partial charge in [-0.25, -0.2) is 0 Å². The second-order valence-corrected chi connectivity index (χ2v) is 15.6. The first-order valence-electron chi connectivity index (χ1n) is 20.7. The highest BCUT2D eigenvalue weighted by Gasteiger charge is 2.22. The van der Waals surface area contributed by atoms with E-state index in [0.29, 0.717) is 0 Å². The molecule has 280 valence electrons. The molecule has 0 atom stereocenters. The van der Waals surface area contributed by atoms with Crippen molar-refractivity contribution in [1.29, 1.82) is 0 Å². The van der Waals surface area contributed by atoms with Crippen LogP contribution in [0.5, 0.6) is 0 Å². The summed E-state index contributed by atoms with van der Waals surface area (Å²) in [6, 6.07) is 84.4. The van der Waals surface area contributed by atoms with Gasteiger partial charge >= 0.3 is 0 Å². The molecule has 0 aliphatic rings. The number of fused-ring (bicyclic) bond motifs is 7. The monoisotopic (exact) mass is 762 g/mol. The van der Waals surface area contributed by atoms with Gasteiger partial charge in [-0.3, -0.25) is 0 Å². The lowest BCUT2D eigenvalue weighted by Gasteiger charge is -2.28. The molecule has 60 heavy (non-hydrogen) atoms. The fourth-order valence-electron chi connectivity index (χ4n) is 9.73. The van der Waals surface area contributed by atoms with Crippen LogP contribution in [0.1, 0.15) is 0 Å². The first kappa shape index (κ1) is 34.1. The van der Waals surface area contributed by atoms with Crippen molar-refractivity contribution in [2.75, 3.05) is 4.90 Å². The van der Waals surface area contributed by atoms with Crippen LogP contribution < -0.4 is 4.90 Å². The predicted molar refractivity (Wildman–Crippen MR) is 256 cm³/mol. The summed E-state index contributed by atoms with van der Waals surface area (Å²) in [6.07, 6.45) is 0. The number of nitrogens with zero attached hydrogens (tertiary/aromatic N) is 2. The summed E-state index contributed by atoms with van der Waals surface area (Å²) in [5.74, 6) is 0. The molecule has 1 aromatic heterocycles. The van der Waals surface area contributed by atoms with Gasteiger partial charge in [0.15, 0.2) is 0 Å². The molecule has 2 nitrogen and oxygen atoms in total. The van der Waals surface area contributed by atoms with Gasteiger partial charge in [0.1, 0.15) is 0 Å². The lowest BCUT2D eigenvalue weighted by molar-refractivity contribution is 1.20. The van der Waals surface area contributed by atoms with Crippen LogP contribution in [-0.2, 0) is 0 Å². The van der Waals surface area contributed by atoms with E-state index in [1.165, 1.54) is 92.8 Å². The molecule has 0 aliphatic heterocycles. The highest BCUT2D eigenvalue weighted by atomic mass is 15.1. The third-order valence-corrected chi connectivity index (χ3v) is 12.3. The Hall–Kier alpha value is -7.94. The molecule has 1 heterocycles. The summed E-state index contributed by atoms with van der Waals surface area (Å²) >= 11 is 0. The van der Waals surface area contributed by atoms with Gasteiger partial charge in [0.25, 0.3) is 0 Å². The van der Waals surface area contributed by atoms with Crippen LogP contribution in [0, 0.1) is 0 Å².